The SMILES string of the molecule is CCOC(=O)c1sc(C(=O)c2ccccc2)c(OS(C)(=O)=O)c1OS(C)(=O)=O. The first kappa shape index (κ1) is 21.9. The van der Waals surface area contributed by atoms with Crippen molar-refractivity contribution >= 4 is 43.3 Å². The number of hydrogen-bond donors (Lipinski definition) is 0. The number of thiophene rings is 1. The lowest BCUT2D eigenvalue weighted by Crippen LogP contribution is -2.13. The molecule has 0 fully saturated rings. The van der Waals surface area contributed by atoms with Gasteiger partial charge < -0.3 is 13.1 Å². The number of ether oxygens (including phenoxy) is 1. The number of benzene rings is 1. The molecule has 1 aromatic heterocycles. The van der Waals surface area contributed by atoms with Gasteiger partial charge in [0, 0.05) is 5.56 Å². The Labute approximate surface area is 166 Å². The molecule has 9 nitrogen and oxygen atoms in total. The Morgan fingerprint density at radius 2 is 1.39 bits per heavy atom. The normalized spacial score (nSPS) is 11.7. The summed E-state index contributed by atoms with van der Waals surface area (Å²) in [6.45, 7) is 1.48. The lowest BCUT2D eigenvalue weighted by molar-refractivity contribution is 0.0530. The minimum atomic E-state index is -4.19. The predicted molar refractivity (Wildman–Crippen MR) is 101 cm³/mol. The summed E-state index contributed by atoms with van der Waals surface area (Å²) in [7, 11) is -8.38. The second-order valence-electron chi connectivity index (χ2n) is 5.41. The Kier molecular flexibility index (Phi) is 6.47. The fourth-order valence-corrected chi connectivity index (χ4v) is 4.10. The van der Waals surface area contributed by atoms with Crippen LogP contribution >= 0.6 is 11.3 Å². The molecule has 28 heavy (non-hydrogen) atoms. The minimum absolute atomic E-state index is 0.0424. The Morgan fingerprint density at radius 1 is 0.893 bits per heavy atom. The minimum Gasteiger partial charge on any atom is -0.462 e. The van der Waals surface area contributed by atoms with Crippen LogP contribution in [-0.2, 0) is 25.0 Å². The van der Waals surface area contributed by atoms with Crippen molar-refractivity contribution in [1.29, 1.82) is 0 Å². The molecule has 0 radical (unpaired) electrons. The van der Waals surface area contributed by atoms with Gasteiger partial charge in [0.25, 0.3) is 0 Å². The van der Waals surface area contributed by atoms with Gasteiger partial charge in [0.2, 0.25) is 17.3 Å². The van der Waals surface area contributed by atoms with E-state index in [1.807, 2.05) is 0 Å². The average Bonchev–Trinajstić information content (AvgIpc) is 2.90. The zero-order valence-corrected chi connectivity index (χ0v) is 17.4. The highest BCUT2D eigenvalue weighted by atomic mass is 32.2. The smallest absolute Gasteiger partial charge is 0.352 e. The maximum absolute atomic E-state index is 12.8. The van der Waals surface area contributed by atoms with Gasteiger partial charge in [0.15, 0.2) is 4.88 Å². The van der Waals surface area contributed by atoms with Crippen molar-refractivity contribution in [3.63, 3.8) is 0 Å². The fourth-order valence-electron chi connectivity index (χ4n) is 2.06. The summed E-state index contributed by atoms with van der Waals surface area (Å²) < 4.78 is 61.1. The molecule has 0 spiro atoms. The lowest BCUT2D eigenvalue weighted by Gasteiger charge is -2.08. The molecule has 12 heteroatoms. The van der Waals surface area contributed by atoms with E-state index in [9.17, 15) is 26.4 Å². The molecular weight excluding hydrogens is 432 g/mol. The number of hydrogen-bond acceptors (Lipinski definition) is 10. The van der Waals surface area contributed by atoms with Crippen LogP contribution in [-0.4, -0.2) is 47.7 Å². The van der Waals surface area contributed by atoms with Gasteiger partial charge in [0.05, 0.1) is 19.1 Å². The molecule has 2 aromatic rings. The third-order valence-electron chi connectivity index (χ3n) is 3.00. The second kappa shape index (κ2) is 8.29. The van der Waals surface area contributed by atoms with E-state index < -0.39 is 48.4 Å². The molecule has 0 aliphatic carbocycles. The standard InChI is InChI=1S/C16H16O9S3/c1-4-23-16(18)15-13(25-28(3,21)22)12(24-27(2,19)20)14(26-15)11(17)10-8-6-5-7-9-10/h5-9H,4H2,1-3H3. The first-order valence-corrected chi connectivity index (χ1v) is 12.1. The first-order chi connectivity index (χ1) is 12.9. The van der Waals surface area contributed by atoms with Gasteiger partial charge in [-0.3, -0.25) is 4.79 Å². The van der Waals surface area contributed by atoms with Crippen molar-refractivity contribution in [1.82, 2.24) is 0 Å². The maximum atomic E-state index is 12.8. The van der Waals surface area contributed by atoms with Gasteiger partial charge in [-0.2, -0.15) is 16.8 Å². The van der Waals surface area contributed by atoms with Crippen LogP contribution in [0.25, 0.3) is 0 Å². The summed E-state index contributed by atoms with van der Waals surface area (Å²) in [5.41, 5.74) is 0.170. The molecule has 1 heterocycles. The summed E-state index contributed by atoms with van der Waals surface area (Å²) in [6, 6.07) is 7.76. The molecule has 0 amide bonds. The summed E-state index contributed by atoms with van der Waals surface area (Å²) in [5, 5.41) is 0. The zero-order valence-electron chi connectivity index (χ0n) is 15.0. The Hall–Kier alpha value is -2.44. The van der Waals surface area contributed by atoms with E-state index in [0.29, 0.717) is 23.8 Å². The summed E-state index contributed by atoms with van der Waals surface area (Å²) in [5.74, 6) is -3.07. The van der Waals surface area contributed by atoms with E-state index >= 15 is 0 Å². The van der Waals surface area contributed by atoms with E-state index in [2.05, 4.69) is 0 Å². The summed E-state index contributed by atoms with van der Waals surface area (Å²) in [4.78, 5) is 24.3. The highest BCUT2D eigenvalue weighted by Crippen LogP contribution is 2.45. The van der Waals surface area contributed by atoms with E-state index in [4.69, 9.17) is 13.1 Å². The average molecular weight is 448 g/mol. The van der Waals surface area contributed by atoms with E-state index in [-0.39, 0.29) is 17.0 Å². The molecular formula is C16H16O9S3. The molecule has 0 saturated heterocycles. The molecule has 1 aromatic carbocycles. The molecule has 0 unspecified atom stereocenters. The molecule has 0 aliphatic rings. The van der Waals surface area contributed by atoms with Crippen molar-refractivity contribution in [2.24, 2.45) is 0 Å². The van der Waals surface area contributed by atoms with Gasteiger partial charge in [-0.15, -0.1) is 11.3 Å². The van der Waals surface area contributed by atoms with Crippen LogP contribution < -0.4 is 8.37 Å². The van der Waals surface area contributed by atoms with Gasteiger partial charge in [-0.25, -0.2) is 4.79 Å². The zero-order chi connectivity index (χ0) is 21.1. The number of rotatable bonds is 8. The quantitative estimate of drug-likeness (QED) is 0.337. The number of ketones is 1. The third kappa shape index (κ3) is 5.53. The second-order valence-corrected chi connectivity index (χ2v) is 9.58. The largest absolute Gasteiger partial charge is 0.462 e. The Bertz CT molecular complexity index is 1100. The van der Waals surface area contributed by atoms with E-state index in [1.54, 1.807) is 18.2 Å². The Balaban J connectivity index is 2.77. The number of carbonyl (C=O) groups is 2. The van der Waals surface area contributed by atoms with E-state index in [0.717, 1.165) is 0 Å². The van der Waals surface area contributed by atoms with Crippen molar-refractivity contribution in [3.05, 3.63) is 45.6 Å². The fraction of sp³-hybridized carbons (Fsp3) is 0.250. The van der Waals surface area contributed by atoms with Crippen molar-refractivity contribution in [2.75, 3.05) is 19.1 Å². The molecule has 152 valence electrons. The lowest BCUT2D eigenvalue weighted by atomic mass is 10.1. The third-order valence-corrected chi connectivity index (χ3v) is 5.07. The van der Waals surface area contributed by atoms with Crippen LogP contribution in [0.1, 0.15) is 31.8 Å². The highest BCUT2D eigenvalue weighted by Gasteiger charge is 2.34. The van der Waals surface area contributed by atoms with Gasteiger partial charge in [-0.1, -0.05) is 30.3 Å². The van der Waals surface area contributed by atoms with Crippen LogP contribution in [0.4, 0.5) is 0 Å². The van der Waals surface area contributed by atoms with Gasteiger partial charge in [0.1, 0.15) is 4.88 Å². The molecule has 0 atom stereocenters. The van der Waals surface area contributed by atoms with Gasteiger partial charge in [-0.05, 0) is 6.92 Å². The van der Waals surface area contributed by atoms with Crippen LogP contribution in [0, 0.1) is 0 Å². The topological polar surface area (TPSA) is 130 Å². The van der Waals surface area contributed by atoms with Crippen molar-refractivity contribution < 1.29 is 39.5 Å². The van der Waals surface area contributed by atoms with E-state index in [1.165, 1.54) is 19.1 Å². The van der Waals surface area contributed by atoms with Gasteiger partial charge >= 0.3 is 26.2 Å². The maximum Gasteiger partial charge on any atom is 0.352 e. The molecule has 0 aliphatic heterocycles. The molecule has 0 bridgehead atoms. The van der Waals surface area contributed by atoms with Crippen molar-refractivity contribution in [3.8, 4) is 11.5 Å². The van der Waals surface area contributed by atoms with Crippen LogP contribution in [0.2, 0.25) is 0 Å². The number of carbonyl (C=O) groups excluding carboxylic acids is 2. The molecule has 0 saturated carbocycles. The molecule has 2 rings (SSSR count). The highest BCUT2D eigenvalue weighted by molar-refractivity contribution is 7.86. The van der Waals surface area contributed by atoms with Crippen LogP contribution in [0.3, 0.4) is 0 Å². The van der Waals surface area contributed by atoms with Crippen molar-refractivity contribution in [2.45, 2.75) is 6.92 Å². The first-order valence-electron chi connectivity index (χ1n) is 7.65. The van der Waals surface area contributed by atoms with Crippen LogP contribution in [0.5, 0.6) is 11.5 Å². The molecule has 0 N–H and O–H groups in total. The Morgan fingerprint density at radius 3 is 1.86 bits per heavy atom. The summed E-state index contributed by atoms with van der Waals surface area (Å²) >= 11 is 0.516. The number of esters is 1. The monoisotopic (exact) mass is 448 g/mol. The summed E-state index contributed by atoms with van der Waals surface area (Å²) in [6.07, 6.45) is 1.40. The predicted octanol–water partition coefficient (Wildman–Crippen LogP) is 1.83. The van der Waals surface area contributed by atoms with Crippen LogP contribution in [0.15, 0.2) is 30.3 Å².